The number of aromatic nitrogens is 1. The Hall–Kier alpha value is -2.68. The third kappa shape index (κ3) is 3.12. The van der Waals surface area contributed by atoms with Gasteiger partial charge >= 0.3 is 0 Å². The van der Waals surface area contributed by atoms with Gasteiger partial charge in [-0.25, -0.2) is 0 Å². The van der Waals surface area contributed by atoms with Crippen molar-refractivity contribution >= 4 is 27.9 Å². The fourth-order valence-corrected chi connectivity index (χ4v) is 3.90. The first-order valence-corrected chi connectivity index (χ1v) is 9.55. The van der Waals surface area contributed by atoms with Gasteiger partial charge in [0.05, 0.1) is 18.1 Å². The van der Waals surface area contributed by atoms with Gasteiger partial charge in [0, 0.05) is 22.4 Å². The van der Waals surface area contributed by atoms with Crippen LogP contribution in [0.1, 0.15) is 44.7 Å². The molecule has 140 valence electrons. The average molecular weight is 361 g/mol. The maximum absolute atomic E-state index is 6.52. The van der Waals surface area contributed by atoms with Crippen LogP contribution in [0.25, 0.3) is 27.9 Å². The molecule has 1 aliphatic rings. The van der Waals surface area contributed by atoms with E-state index < -0.39 is 0 Å². The van der Waals surface area contributed by atoms with E-state index in [1.54, 1.807) is 7.11 Å². The van der Waals surface area contributed by atoms with Crippen LogP contribution >= 0.6 is 0 Å². The summed E-state index contributed by atoms with van der Waals surface area (Å²) in [6, 6.07) is 8.41. The molecule has 1 aliphatic heterocycles. The van der Waals surface area contributed by atoms with Crippen LogP contribution < -0.4 is 9.47 Å². The number of ether oxygens (including phenoxy) is 2. The molecule has 4 rings (SSSR count). The van der Waals surface area contributed by atoms with Gasteiger partial charge in [-0.3, -0.25) is 0 Å². The Balaban J connectivity index is 1.80. The van der Waals surface area contributed by atoms with Gasteiger partial charge in [-0.15, -0.1) is 0 Å². The molecule has 0 unspecified atom stereocenters. The highest BCUT2D eigenvalue weighted by Gasteiger charge is 2.29. The predicted octanol–water partition coefficient (Wildman–Crippen LogP) is 6.55. The minimum atomic E-state index is -0.271. The third-order valence-corrected chi connectivity index (χ3v) is 5.41. The van der Waals surface area contributed by atoms with E-state index in [2.05, 4.69) is 63.0 Å². The van der Waals surface area contributed by atoms with Crippen LogP contribution in [-0.4, -0.2) is 17.7 Å². The number of fused-ring (bicyclic) bond motifs is 5. The zero-order chi connectivity index (χ0) is 19.2. The Morgan fingerprint density at radius 1 is 1.22 bits per heavy atom. The lowest BCUT2D eigenvalue weighted by Crippen LogP contribution is -2.32. The number of aromatic amines is 1. The summed E-state index contributed by atoms with van der Waals surface area (Å²) in [5.41, 5.74) is 5.60. The van der Waals surface area contributed by atoms with Crippen molar-refractivity contribution in [3.63, 3.8) is 0 Å². The highest BCUT2D eigenvalue weighted by molar-refractivity contribution is 6.11. The molecular weight excluding hydrogens is 334 g/mol. The number of hydrogen-bond acceptors (Lipinski definition) is 2. The molecule has 0 bridgehead atoms. The molecule has 3 nitrogen and oxygen atoms in total. The van der Waals surface area contributed by atoms with E-state index in [1.807, 2.05) is 12.1 Å². The van der Waals surface area contributed by atoms with Gasteiger partial charge in [-0.1, -0.05) is 11.6 Å². The molecule has 2 heterocycles. The second-order valence-corrected chi connectivity index (χ2v) is 7.96. The summed E-state index contributed by atoms with van der Waals surface area (Å²) in [6.07, 6.45) is 8.70. The molecule has 0 fully saturated rings. The average Bonchev–Trinajstić information content (AvgIpc) is 2.99. The minimum Gasteiger partial charge on any atom is -0.497 e. The fraction of sp³-hybridized carbons (Fsp3) is 0.333. The van der Waals surface area contributed by atoms with Crippen molar-refractivity contribution in [2.75, 3.05) is 7.11 Å². The van der Waals surface area contributed by atoms with Crippen LogP contribution in [0.4, 0.5) is 0 Å². The lowest BCUT2D eigenvalue weighted by Gasteiger charge is -2.32. The molecule has 1 aromatic heterocycles. The molecule has 1 atom stereocenters. The number of allylic oxidation sites excluding steroid dienone is 2. The lowest BCUT2D eigenvalue weighted by molar-refractivity contribution is 0.128. The Labute approximate surface area is 160 Å². The van der Waals surface area contributed by atoms with Crippen LogP contribution in [-0.2, 0) is 0 Å². The van der Waals surface area contributed by atoms with Crippen LogP contribution in [0.2, 0.25) is 0 Å². The Kier molecular flexibility index (Phi) is 4.26. The normalized spacial score (nSPS) is 18.4. The number of benzene rings is 2. The van der Waals surface area contributed by atoms with E-state index >= 15 is 0 Å². The number of aryl methyl sites for hydroxylation is 1. The second-order valence-electron chi connectivity index (χ2n) is 7.96. The standard InChI is InChI=1S/C24H27NO2/c1-15(2)7-6-11-24(4)12-10-19-22-20(13-16(3)23(19)27-24)18-9-8-17(26-5)14-21(18)25-22/h7-10,12-14,25H,6,11H2,1-5H3/t24-/m0/s1. The number of H-pyrrole nitrogens is 1. The van der Waals surface area contributed by atoms with E-state index in [0.29, 0.717) is 0 Å². The summed E-state index contributed by atoms with van der Waals surface area (Å²) in [6.45, 7) is 8.59. The van der Waals surface area contributed by atoms with Crippen molar-refractivity contribution in [1.82, 2.24) is 4.98 Å². The highest BCUT2D eigenvalue weighted by atomic mass is 16.5. The van der Waals surface area contributed by atoms with E-state index in [9.17, 15) is 0 Å². The predicted molar refractivity (Wildman–Crippen MR) is 114 cm³/mol. The fourth-order valence-electron chi connectivity index (χ4n) is 3.90. The van der Waals surface area contributed by atoms with Gasteiger partial charge in [0.1, 0.15) is 17.1 Å². The summed E-state index contributed by atoms with van der Waals surface area (Å²) in [7, 11) is 1.70. The van der Waals surface area contributed by atoms with Crippen molar-refractivity contribution in [3.8, 4) is 11.5 Å². The van der Waals surface area contributed by atoms with E-state index in [-0.39, 0.29) is 5.60 Å². The van der Waals surface area contributed by atoms with Crippen molar-refractivity contribution in [2.45, 2.75) is 46.1 Å². The molecule has 0 saturated heterocycles. The Morgan fingerprint density at radius 2 is 2.04 bits per heavy atom. The molecule has 0 saturated carbocycles. The molecule has 3 heteroatoms. The largest absolute Gasteiger partial charge is 0.497 e. The molecule has 0 radical (unpaired) electrons. The first kappa shape index (κ1) is 17.7. The first-order valence-electron chi connectivity index (χ1n) is 9.55. The summed E-state index contributed by atoms with van der Waals surface area (Å²) in [5.74, 6) is 1.85. The number of hydrogen-bond donors (Lipinski definition) is 1. The van der Waals surface area contributed by atoms with Crippen LogP contribution in [0.5, 0.6) is 11.5 Å². The van der Waals surface area contributed by atoms with Crippen LogP contribution in [0, 0.1) is 6.92 Å². The van der Waals surface area contributed by atoms with Crippen LogP contribution in [0.3, 0.4) is 0 Å². The maximum atomic E-state index is 6.52. The Bertz CT molecular complexity index is 1080. The summed E-state index contributed by atoms with van der Waals surface area (Å²) < 4.78 is 11.9. The lowest BCUT2D eigenvalue weighted by atomic mass is 9.92. The van der Waals surface area contributed by atoms with Gasteiger partial charge in [0.25, 0.3) is 0 Å². The van der Waals surface area contributed by atoms with E-state index in [1.165, 1.54) is 21.9 Å². The van der Waals surface area contributed by atoms with E-state index in [4.69, 9.17) is 9.47 Å². The van der Waals surface area contributed by atoms with Gasteiger partial charge in [0.2, 0.25) is 0 Å². The van der Waals surface area contributed by atoms with E-state index in [0.717, 1.165) is 40.9 Å². The quantitative estimate of drug-likeness (QED) is 0.535. The monoisotopic (exact) mass is 361 g/mol. The molecule has 3 aromatic rings. The zero-order valence-electron chi connectivity index (χ0n) is 16.8. The first-order chi connectivity index (χ1) is 12.9. The maximum Gasteiger partial charge on any atom is 0.132 e. The molecule has 27 heavy (non-hydrogen) atoms. The molecule has 0 amide bonds. The number of nitrogens with one attached hydrogen (secondary N) is 1. The minimum absolute atomic E-state index is 0.271. The number of methoxy groups -OCH3 is 1. The van der Waals surface area contributed by atoms with Gasteiger partial charge in [0.15, 0.2) is 0 Å². The Morgan fingerprint density at radius 3 is 2.78 bits per heavy atom. The SMILES string of the molecule is COc1ccc2c(c1)[nH]c1c3c(c(C)cc12)O[C@@](C)(CCC=C(C)C)C=C3. The smallest absolute Gasteiger partial charge is 0.132 e. The van der Waals surface area contributed by atoms with Crippen LogP contribution in [0.15, 0.2) is 42.0 Å². The molecule has 2 aromatic carbocycles. The van der Waals surface area contributed by atoms with Crippen molar-refractivity contribution < 1.29 is 9.47 Å². The van der Waals surface area contributed by atoms with Crippen molar-refractivity contribution in [3.05, 3.63) is 53.1 Å². The summed E-state index contributed by atoms with van der Waals surface area (Å²) in [4.78, 5) is 3.57. The summed E-state index contributed by atoms with van der Waals surface area (Å²) >= 11 is 0. The second kappa shape index (κ2) is 6.49. The van der Waals surface area contributed by atoms with Gasteiger partial charge in [-0.2, -0.15) is 0 Å². The van der Waals surface area contributed by atoms with Gasteiger partial charge in [-0.05, 0) is 76.5 Å². The highest BCUT2D eigenvalue weighted by Crippen LogP contribution is 2.42. The molecular formula is C24H27NO2. The third-order valence-electron chi connectivity index (χ3n) is 5.41. The molecule has 0 aliphatic carbocycles. The molecule has 1 N–H and O–H groups in total. The van der Waals surface area contributed by atoms with Crippen molar-refractivity contribution in [2.24, 2.45) is 0 Å². The molecule has 0 spiro atoms. The van der Waals surface area contributed by atoms with Gasteiger partial charge < -0.3 is 14.5 Å². The van der Waals surface area contributed by atoms with Crippen molar-refractivity contribution in [1.29, 1.82) is 0 Å². The topological polar surface area (TPSA) is 34.2 Å². The zero-order valence-corrected chi connectivity index (χ0v) is 16.8. The number of rotatable bonds is 4. The summed E-state index contributed by atoms with van der Waals surface area (Å²) in [5, 5.41) is 2.44.